The number of halogens is 1. The number of carbonyl (C=O) groups excluding carboxylic acids is 1. The fourth-order valence-electron chi connectivity index (χ4n) is 4.04. The summed E-state index contributed by atoms with van der Waals surface area (Å²) in [6.07, 6.45) is 7.59. The third-order valence-electron chi connectivity index (χ3n) is 5.79. The van der Waals surface area contributed by atoms with E-state index in [0.717, 1.165) is 48.1 Å². The monoisotopic (exact) mass is 435 g/mol. The van der Waals surface area contributed by atoms with Crippen molar-refractivity contribution in [3.8, 4) is 22.4 Å². The molecular weight excluding hydrogens is 413 g/mol. The Balaban J connectivity index is 1.38. The van der Waals surface area contributed by atoms with E-state index in [2.05, 4.69) is 15.4 Å². The van der Waals surface area contributed by atoms with Crippen LogP contribution in [0, 0.1) is 5.82 Å². The topological polar surface area (TPSA) is 85.3 Å². The number of imidazole rings is 1. The van der Waals surface area contributed by atoms with Gasteiger partial charge in [-0.2, -0.15) is 5.10 Å². The third-order valence-corrected chi connectivity index (χ3v) is 6.72. The Bertz CT molecular complexity index is 1230. The molecule has 0 aliphatic heterocycles. The summed E-state index contributed by atoms with van der Waals surface area (Å²) in [5.41, 5.74) is 10.3. The highest BCUT2D eigenvalue weighted by Crippen LogP contribution is 2.28. The van der Waals surface area contributed by atoms with Crippen molar-refractivity contribution in [1.29, 1.82) is 0 Å². The lowest BCUT2D eigenvalue weighted by Crippen LogP contribution is -2.49. The van der Waals surface area contributed by atoms with Gasteiger partial charge in [-0.25, -0.2) is 13.9 Å². The van der Waals surface area contributed by atoms with E-state index < -0.39 is 0 Å². The van der Waals surface area contributed by atoms with Crippen molar-refractivity contribution in [2.75, 3.05) is 0 Å². The quantitative estimate of drug-likeness (QED) is 0.501. The van der Waals surface area contributed by atoms with Crippen LogP contribution in [0.15, 0.2) is 54.2 Å². The second-order valence-corrected chi connectivity index (χ2v) is 8.80. The third kappa shape index (κ3) is 3.96. The molecule has 0 spiro atoms. The highest BCUT2D eigenvalue weighted by atomic mass is 32.1. The highest BCUT2D eigenvalue weighted by Gasteiger charge is 2.24. The van der Waals surface area contributed by atoms with Crippen molar-refractivity contribution in [2.45, 2.75) is 37.8 Å². The van der Waals surface area contributed by atoms with Crippen LogP contribution in [0.25, 0.3) is 28.0 Å². The molecule has 4 aromatic rings. The lowest BCUT2D eigenvalue weighted by Gasteiger charge is -2.29. The Hall–Kier alpha value is -3.10. The maximum absolute atomic E-state index is 13.2. The number of aromatic nitrogens is 3. The minimum Gasteiger partial charge on any atom is -0.347 e. The largest absolute Gasteiger partial charge is 0.347 e. The molecule has 3 aromatic heterocycles. The lowest BCUT2D eigenvalue weighted by molar-refractivity contribution is 0.0925. The Morgan fingerprint density at radius 2 is 1.90 bits per heavy atom. The normalized spacial score (nSPS) is 18.9. The molecule has 8 heteroatoms. The Morgan fingerprint density at radius 1 is 1.10 bits per heavy atom. The van der Waals surface area contributed by atoms with Gasteiger partial charge in [-0.05, 0) is 42.7 Å². The Morgan fingerprint density at radius 3 is 2.71 bits per heavy atom. The molecule has 1 saturated carbocycles. The molecule has 1 fully saturated rings. The van der Waals surface area contributed by atoms with Gasteiger partial charge in [0.15, 0.2) is 5.65 Å². The van der Waals surface area contributed by atoms with Crippen molar-refractivity contribution in [2.24, 2.45) is 5.73 Å². The molecule has 1 aromatic carbocycles. The number of hydrogen-bond acceptors (Lipinski definition) is 5. The zero-order chi connectivity index (χ0) is 21.4. The Kier molecular flexibility index (Phi) is 5.25. The number of fused-ring (bicyclic) bond motifs is 1. The molecule has 6 nitrogen and oxygen atoms in total. The van der Waals surface area contributed by atoms with E-state index in [1.807, 2.05) is 17.5 Å². The number of carbonyl (C=O) groups is 1. The molecule has 0 bridgehead atoms. The second kappa shape index (κ2) is 8.20. The second-order valence-electron chi connectivity index (χ2n) is 7.89. The molecule has 2 atom stereocenters. The molecule has 31 heavy (non-hydrogen) atoms. The standard InChI is InChI=1S/C23H22FN5OS/c24-17-7-5-14(6-8-17)15-10-22-26-12-20(29(22)27-11-15)16-9-21(31-13-16)23(30)28-19-4-2-1-3-18(19)25/h5-13,18-19H,1-4,25H2,(H,28,30)/t18-,19+/m0/s1. The number of benzene rings is 1. The van der Waals surface area contributed by atoms with Crippen molar-refractivity contribution in [3.05, 3.63) is 64.9 Å². The van der Waals surface area contributed by atoms with Crippen LogP contribution in [-0.4, -0.2) is 32.6 Å². The predicted octanol–water partition coefficient (Wildman–Crippen LogP) is 4.26. The maximum Gasteiger partial charge on any atom is 0.261 e. The van der Waals surface area contributed by atoms with Gasteiger partial charge in [0.25, 0.3) is 5.91 Å². The van der Waals surface area contributed by atoms with Crippen LogP contribution in [0.1, 0.15) is 35.4 Å². The molecule has 1 amide bonds. The van der Waals surface area contributed by atoms with Crippen LogP contribution in [0.5, 0.6) is 0 Å². The average Bonchev–Trinajstić information content (AvgIpc) is 3.42. The molecule has 0 unspecified atom stereocenters. The summed E-state index contributed by atoms with van der Waals surface area (Å²) >= 11 is 1.40. The molecule has 5 rings (SSSR count). The molecule has 1 aliphatic carbocycles. The van der Waals surface area contributed by atoms with Crippen LogP contribution in [0.3, 0.4) is 0 Å². The summed E-state index contributed by atoms with van der Waals surface area (Å²) in [4.78, 5) is 17.8. The van der Waals surface area contributed by atoms with Crippen LogP contribution in [0.4, 0.5) is 4.39 Å². The van der Waals surface area contributed by atoms with E-state index in [0.29, 0.717) is 10.5 Å². The molecule has 3 heterocycles. The van der Waals surface area contributed by atoms with Gasteiger partial charge in [-0.15, -0.1) is 11.3 Å². The van der Waals surface area contributed by atoms with E-state index in [9.17, 15) is 9.18 Å². The van der Waals surface area contributed by atoms with Crippen LogP contribution in [0.2, 0.25) is 0 Å². The number of nitrogens with one attached hydrogen (secondary N) is 1. The van der Waals surface area contributed by atoms with Crippen molar-refractivity contribution in [3.63, 3.8) is 0 Å². The van der Waals surface area contributed by atoms with E-state index in [4.69, 9.17) is 5.73 Å². The summed E-state index contributed by atoms with van der Waals surface area (Å²) in [6, 6.07) is 10.1. The number of amides is 1. The lowest BCUT2D eigenvalue weighted by atomic mass is 9.91. The van der Waals surface area contributed by atoms with Gasteiger partial charge in [-0.3, -0.25) is 4.79 Å². The maximum atomic E-state index is 13.2. The van der Waals surface area contributed by atoms with Gasteiger partial charge in [-0.1, -0.05) is 25.0 Å². The van der Waals surface area contributed by atoms with Gasteiger partial charge in [0, 0.05) is 28.6 Å². The van der Waals surface area contributed by atoms with Crippen molar-refractivity contribution >= 4 is 22.9 Å². The first-order valence-electron chi connectivity index (χ1n) is 10.3. The molecule has 3 N–H and O–H groups in total. The van der Waals surface area contributed by atoms with E-state index >= 15 is 0 Å². The Labute approximate surface area is 182 Å². The van der Waals surface area contributed by atoms with E-state index in [1.54, 1.807) is 29.0 Å². The fourth-order valence-corrected chi connectivity index (χ4v) is 4.84. The molecule has 0 radical (unpaired) electrons. The summed E-state index contributed by atoms with van der Waals surface area (Å²) in [6.45, 7) is 0. The molecule has 1 aliphatic rings. The summed E-state index contributed by atoms with van der Waals surface area (Å²) in [5.74, 6) is -0.359. The number of nitrogens with two attached hydrogens (primary N) is 1. The summed E-state index contributed by atoms with van der Waals surface area (Å²) in [5, 5.41) is 9.55. The fraction of sp³-hybridized carbons (Fsp3) is 0.261. The summed E-state index contributed by atoms with van der Waals surface area (Å²) < 4.78 is 14.9. The van der Waals surface area contributed by atoms with Gasteiger partial charge in [0.05, 0.1) is 23.0 Å². The molecule has 0 saturated heterocycles. The number of rotatable bonds is 4. The van der Waals surface area contributed by atoms with Crippen molar-refractivity contribution in [1.82, 2.24) is 19.9 Å². The first kappa shape index (κ1) is 19.8. The SMILES string of the molecule is N[C@H]1CCCC[C@H]1NC(=O)c1cc(-c2cnc3cc(-c4ccc(F)cc4)cnn23)cs1. The van der Waals surface area contributed by atoms with E-state index in [-0.39, 0.29) is 23.8 Å². The number of nitrogens with zero attached hydrogens (tertiary/aromatic N) is 3. The minimum absolute atomic E-state index is 0.0235. The zero-order valence-electron chi connectivity index (χ0n) is 16.8. The molecule has 158 valence electrons. The smallest absolute Gasteiger partial charge is 0.261 e. The molecular formula is C23H22FN5OS. The van der Waals surface area contributed by atoms with Gasteiger partial charge >= 0.3 is 0 Å². The number of thiophene rings is 1. The van der Waals surface area contributed by atoms with Gasteiger partial charge in [0.1, 0.15) is 5.82 Å². The van der Waals surface area contributed by atoms with Crippen LogP contribution >= 0.6 is 11.3 Å². The first-order valence-corrected chi connectivity index (χ1v) is 11.2. The van der Waals surface area contributed by atoms with E-state index in [1.165, 1.54) is 23.5 Å². The average molecular weight is 436 g/mol. The first-order chi connectivity index (χ1) is 15.1. The number of hydrogen-bond donors (Lipinski definition) is 2. The zero-order valence-corrected chi connectivity index (χ0v) is 17.6. The van der Waals surface area contributed by atoms with Gasteiger partial charge < -0.3 is 11.1 Å². The van der Waals surface area contributed by atoms with Crippen LogP contribution in [-0.2, 0) is 0 Å². The predicted molar refractivity (Wildman–Crippen MR) is 119 cm³/mol. The van der Waals surface area contributed by atoms with Crippen LogP contribution < -0.4 is 11.1 Å². The minimum atomic E-state index is -0.274. The van der Waals surface area contributed by atoms with Gasteiger partial charge in [0.2, 0.25) is 0 Å². The van der Waals surface area contributed by atoms with Crippen molar-refractivity contribution < 1.29 is 9.18 Å². The highest BCUT2D eigenvalue weighted by molar-refractivity contribution is 7.12. The summed E-state index contributed by atoms with van der Waals surface area (Å²) in [7, 11) is 0.